The van der Waals surface area contributed by atoms with Crippen molar-refractivity contribution in [1.82, 2.24) is 0 Å². The predicted octanol–water partition coefficient (Wildman–Crippen LogP) is 2.94. The van der Waals surface area contributed by atoms with Gasteiger partial charge in [0.1, 0.15) is 12.5 Å². The highest BCUT2D eigenvalue weighted by molar-refractivity contribution is 5.21. The van der Waals surface area contributed by atoms with Gasteiger partial charge in [-0.1, -0.05) is 24.3 Å². The molecule has 2 heteroatoms. The van der Waals surface area contributed by atoms with Crippen molar-refractivity contribution in [3.63, 3.8) is 0 Å². The summed E-state index contributed by atoms with van der Waals surface area (Å²) in [4.78, 5) is 0. The second kappa shape index (κ2) is 4.91. The summed E-state index contributed by atoms with van der Waals surface area (Å²) >= 11 is 0. The first kappa shape index (κ1) is 9.08. The molecule has 0 N–H and O–H groups in total. The molecule has 0 aromatic carbocycles. The molecule has 0 aliphatic rings. The van der Waals surface area contributed by atoms with Gasteiger partial charge in [-0.3, -0.25) is 0 Å². The molecule has 0 amide bonds. The molecule has 0 saturated heterocycles. The average Bonchev–Trinajstić information content (AvgIpc) is 1.85. The van der Waals surface area contributed by atoms with E-state index in [1.54, 1.807) is 6.92 Å². The van der Waals surface area contributed by atoms with Crippen molar-refractivity contribution in [2.24, 2.45) is 0 Å². The SMILES string of the molecule is C=C(F)/C=C\C(C)=C/CF. The molecular weight excluding hydrogens is 134 g/mol. The zero-order chi connectivity index (χ0) is 7.98. The van der Waals surface area contributed by atoms with Gasteiger partial charge in [0.2, 0.25) is 0 Å². The Morgan fingerprint density at radius 3 is 2.50 bits per heavy atom. The standard InChI is InChI=1S/C8H10F2/c1-7(5-6-9)3-4-8(2)10/h3-5H,2,6H2,1H3/b4-3-,7-5-. The quantitative estimate of drug-likeness (QED) is 0.534. The lowest BCUT2D eigenvalue weighted by molar-refractivity contribution is 0.560. The molecule has 0 atom stereocenters. The van der Waals surface area contributed by atoms with Gasteiger partial charge in [-0.2, -0.15) is 0 Å². The second-order valence-electron chi connectivity index (χ2n) is 1.88. The van der Waals surface area contributed by atoms with Crippen molar-refractivity contribution in [3.05, 3.63) is 36.2 Å². The third kappa shape index (κ3) is 5.22. The van der Waals surface area contributed by atoms with Crippen molar-refractivity contribution in [2.75, 3.05) is 6.67 Å². The molecule has 56 valence electrons. The third-order valence-corrected chi connectivity index (χ3v) is 0.926. The van der Waals surface area contributed by atoms with Crippen molar-refractivity contribution < 1.29 is 8.78 Å². The molecule has 10 heavy (non-hydrogen) atoms. The van der Waals surface area contributed by atoms with Gasteiger partial charge < -0.3 is 0 Å². The molecule has 0 aromatic heterocycles. The Kier molecular flexibility index (Phi) is 4.46. The molecule has 0 spiro atoms. The van der Waals surface area contributed by atoms with E-state index in [9.17, 15) is 8.78 Å². The summed E-state index contributed by atoms with van der Waals surface area (Å²) in [6.07, 6.45) is 4.03. The highest BCUT2D eigenvalue weighted by atomic mass is 19.1. The molecule has 0 unspecified atom stereocenters. The number of hydrogen-bond donors (Lipinski definition) is 0. The van der Waals surface area contributed by atoms with Crippen LogP contribution in [0.15, 0.2) is 36.2 Å². The highest BCUT2D eigenvalue weighted by Gasteiger charge is 1.81. The van der Waals surface area contributed by atoms with Gasteiger partial charge in [-0.25, -0.2) is 8.78 Å². The largest absolute Gasteiger partial charge is 0.247 e. The van der Waals surface area contributed by atoms with Crippen LogP contribution in [0, 0.1) is 0 Å². The van der Waals surface area contributed by atoms with Crippen molar-refractivity contribution >= 4 is 0 Å². The molecule has 0 aliphatic carbocycles. The zero-order valence-corrected chi connectivity index (χ0v) is 5.90. The lowest BCUT2D eigenvalue weighted by Gasteiger charge is -1.86. The van der Waals surface area contributed by atoms with Crippen molar-refractivity contribution in [1.29, 1.82) is 0 Å². The molecule has 0 bridgehead atoms. The van der Waals surface area contributed by atoms with Crippen LogP contribution in [0.25, 0.3) is 0 Å². The molecule has 0 aliphatic heterocycles. The van der Waals surface area contributed by atoms with Crippen LogP contribution in [0.4, 0.5) is 8.78 Å². The first-order valence-electron chi connectivity index (χ1n) is 2.92. The van der Waals surface area contributed by atoms with Crippen molar-refractivity contribution in [3.8, 4) is 0 Å². The van der Waals surface area contributed by atoms with Crippen LogP contribution >= 0.6 is 0 Å². The van der Waals surface area contributed by atoms with Crippen LogP contribution in [0.1, 0.15) is 6.92 Å². The molecule has 0 nitrogen and oxygen atoms in total. The van der Waals surface area contributed by atoms with Crippen LogP contribution in [-0.2, 0) is 0 Å². The van der Waals surface area contributed by atoms with E-state index in [-0.39, 0.29) is 0 Å². The Morgan fingerprint density at radius 1 is 1.50 bits per heavy atom. The van der Waals surface area contributed by atoms with Crippen LogP contribution in [0.2, 0.25) is 0 Å². The molecule has 0 radical (unpaired) electrons. The summed E-state index contributed by atoms with van der Waals surface area (Å²) in [5.74, 6) is -0.522. The Bertz CT molecular complexity index is 166. The van der Waals surface area contributed by atoms with Gasteiger partial charge in [0, 0.05) is 0 Å². The summed E-state index contributed by atoms with van der Waals surface area (Å²) in [5.41, 5.74) is 0.696. The average molecular weight is 144 g/mol. The predicted molar refractivity (Wildman–Crippen MR) is 39.1 cm³/mol. The van der Waals surface area contributed by atoms with E-state index >= 15 is 0 Å². The summed E-state index contributed by atoms with van der Waals surface area (Å²) in [5, 5.41) is 0. The fourth-order valence-corrected chi connectivity index (χ4v) is 0.412. The van der Waals surface area contributed by atoms with E-state index in [2.05, 4.69) is 6.58 Å². The van der Waals surface area contributed by atoms with Gasteiger partial charge in [-0.05, 0) is 13.0 Å². The summed E-state index contributed by atoms with van der Waals surface area (Å²) in [6.45, 7) is 4.19. The number of halogens is 2. The molecule has 0 heterocycles. The van der Waals surface area contributed by atoms with Gasteiger partial charge in [0.05, 0.1) is 0 Å². The first-order chi connectivity index (χ1) is 4.66. The smallest absolute Gasteiger partial charge is 0.116 e. The summed E-state index contributed by atoms with van der Waals surface area (Å²) < 4.78 is 23.4. The minimum atomic E-state index is -0.522. The Balaban J connectivity index is 3.89. The third-order valence-electron chi connectivity index (χ3n) is 0.926. The lowest BCUT2D eigenvalue weighted by Crippen LogP contribution is -1.70. The number of allylic oxidation sites excluding steroid dienone is 5. The minimum absolute atomic E-state index is 0.519. The van der Waals surface area contributed by atoms with Gasteiger partial charge in [0.15, 0.2) is 0 Å². The number of rotatable bonds is 3. The second-order valence-corrected chi connectivity index (χ2v) is 1.88. The zero-order valence-electron chi connectivity index (χ0n) is 5.90. The summed E-state index contributed by atoms with van der Waals surface area (Å²) in [7, 11) is 0. The van der Waals surface area contributed by atoms with Gasteiger partial charge in [0.25, 0.3) is 0 Å². The Hall–Kier alpha value is -0.920. The molecular formula is C8H10F2. The Morgan fingerprint density at radius 2 is 2.10 bits per heavy atom. The first-order valence-corrected chi connectivity index (χ1v) is 2.92. The number of alkyl halides is 1. The molecule has 0 saturated carbocycles. The summed E-state index contributed by atoms with van der Waals surface area (Å²) in [6, 6.07) is 0. The van der Waals surface area contributed by atoms with Gasteiger partial charge >= 0.3 is 0 Å². The van der Waals surface area contributed by atoms with E-state index < -0.39 is 12.5 Å². The Labute approximate surface area is 59.6 Å². The fraction of sp³-hybridized carbons (Fsp3) is 0.250. The molecule has 0 rings (SSSR count). The topological polar surface area (TPSA) is 0 Å². The van der Waals surface area contributed by atoms with E-state index in [4.69, 9.17) is 0 Å². The lowest BCUT2D eigenvalue weighted by atomic mass is 10.2. The van der Waals surface area contributed by atoms with Crippen molar-refractivity contribution in [2.45, 2.75) is 6.92 Å². The molecule has 0 aromatic rings. The fourth-order valence-electron chi connectivity index (χ4n) is 0.412. The van der Waals surface area contributed by atoms with E-state index in [0.717, 1.165) is 0 Å². The van der Waals surface area contributed by atoms with Crippen LogP contribution in [-0.4, -0.2) is 6.67 Å². The highest BCUT2D eigenvalue weighted by Crippen LogP contribution is 1.99. The normalized spacial score (nSPS) is 12.5. The maximum Gasteiger partial charge on any atom is 0.116 e. The molecule has 0 fully saturated rings. The van der Waals surface area contributed by atoms with Crippen LogP contribution in [0.5, 0.6) is 0 Å². The van der Waals surface area contributed by atoms with E-state index in [1.165, 1.54) is 18.2 Å². The maximum absolute atomic E-state index is 11.9. The van der Waals surface area contributed by atoms with Crippen LogP contribution in [0.3, 0.4) is 0 Å². The van der Waals surface area contributed by atoms with E-state index in [1.807, 2.05) is 0 Å². The van der Waals surface area contributed by atoms with Gasteiger partial charge in [-0.15, -0.1) is 0 Å². The van der Waals surface area contributed by atoms with E-state index in [0.29, 0.717) is 5.57 Å². The van der Waals surface area contributed by atoms with Crippen LogP contribution < -0.4 is 0 Å². The minimum Gasteiger partial charge on any atom is -0.247 e. The number of hydrogen-bond acceptors (Lipinski definition) is 0. The monoisotopic (exact) mass is 144 g/mol. The maximum atomic E-state index is 11.9.